The third kappa shape index (κ3) is 4.34. The molecule has 2 atom stereocenters. The lowest BCUT2D eigenvalue weighted by atomic mass is 9.93. The van der Waals surface area contributed by atoms with Crippen LogP contribution in [0.25, 0.3) is 0 Å². The summed E-state index contributed by atoms with van der Waals surface area (Å²) in [6, 6.07) is 7.76. The average Bonchev–Trinajstić information content (AvgIpc) is 2.55. The second-order valence-corrected chi connectivity index (χ2v) is 7.68. The molecule has 1 amide bonds. The third-order valence-electron chi connectivity index (χ3n) is 4.45. The summed E-state index contributed by atoms with van der Waals surface area (Å²) in [5.74, 6) is 1.38. The van der Waals surface area contributed by atoms with Crippen molar-refractivity contribution in [1.29, 1.82) is 0 Å². The third-order valence-corrected chi connectivity index (χ3v) is 4.79. The number of nitrogens with one attached hydrogen (secondary N) is 2. The van der Waals surface area contributed by atoms with E-state index in [1.165, 1.54) is 0 Å². The monoisotopic (exact) mass is 363 g/mol. The number of amides is 1. The molecule has 0 saturated carbocycles. The molecular weight excluding hydrogens is 338 g/mol. The largest absolute Gasteiger partial charge is 0.486 e. The maximum absolute atomic E-state index is 12.3. The van der Waals surface area contributed by atoms with Crippen LogP contribution in [0, 0.1) is 0 Å². The van der Waals surface area contributed by atoms with E-state index >= 15 is 0 Å². The van der Waals surface area contributed by atoms with Gasteiger partial charge >= 0.3 is 0 Å². The highest BCUT2D eigenvalue weighted by atomic mass is 32.1. The Bertz CT molecular complexity index is 665. The summed E-state index contributed by atoms with van der Waals surface area (Å²) < 4.78 is 11.5. The van der Waals surface area contributed by atoms with Crippen molar-refractivity contribution in [3.8, 4) is 11.5 Å². The highest BCUT2D eigenvalue weighted by molar-refractivity contribution is 7.80. The molecule has 1 fully saturated rings. The van der Waals surface area contributed by atoms with Crippen molar-refractivity contribution >= 4 is 23.2 Å². The predicted octanol–water partition coefficient (Wildman–Crippen LogP) is 1.69. The summed E-state index contributed by atoms with van der Waals surface area (Å²) in [5, 5.41) is 6.84. The lowest BCUT2D eigenvalue weighted by molar-refractivity contribution is -0.122. The Hall–Kier alpha value is -2.02. The molecule has 2 heterocycles. The summed E-state index contributed by atoms with van der Waals surface area (Å²) in [6.07, 6.45) is 0.734. The van der Waals surface area contributed by atoms with Gasteiger partial charge in [0.2, 0.25) is 5.91 Å². The van der Waals surface area contributed by atoms with Crippen molar-refractivity contribution in [3.63, 3.8) is 0 Å². The molecule has 0 radical (unpaired) electrons. The summed E-state index contributed by atoms with van der Waals surface area (Å²) >= 11 is 5.41. The maximum Gasteiger partial charge on any atom is 0.239 e. The van der Waals surface area contributed by atoms with Gasteiger partial charge in [0.15, 0.2) is 16.6 Å². The van der Waals surface area contributed by atoms with Crippen LogP contribution >= 0.6 is 12.2 Å². The van der Waals surface area contributed by atoms with Gasteiger partial charge in [-0.1, -0.05) is 12.1 Å². The minimum Gasteiger partial charge on any atom is -0.486 e. The van der Waals surface area contributed by atoms with E-state index in [1.807, 2.05) is 29.2 Å². The fourth-order valence-corrected chi connectivity index (χ4v) is 3.81. The number of nitrogens with zero attached hydrogens (tertiary/aromatic N) is 1. The molecule has 2 aliphatic heterocycles. The zero-order valence-electron chi connectivity index (χ0n) is 14.9. The molecule has 2 unspecified atom stereocenters. The van der Waals surface area contributed by atoms with Gasteiger partial charge < -0.3 is 25.0 Å². The van der Waals surface area contributed by atoms with E-state index in [4.69, 9.17) is 21.7 Å². The molecule has 25 heavy (non-hydrogen) atoms. The Labute approximate surface area is 153 Å². The van der Waals surface area contributed by atoms with E-state index < -0.39 is 0 Å². The predicted molar refractivity (Wildman–Crippen MR) is 100.0 cm³/mol. The molecule has 7 heteroatoms. The van der Waals surface area contributed by atoms with Crippen LogP contribution in [0.15, 0.2) is 24.3 Å². The number of para-hydroxylation sites is 2. The minimum atomic E-state index is -0.193. The molecule has 2 N–H and O–H groups in total. The first-order chi connectivity index (χ1) is 11.8. The summed E-state index contributed by atoms with van der Waals surface area (Å²) in [7, 11) is 0. The van der Waals surface area contributed by atoms with Crippen molar-refractivity contribution in [3.05, 3.63) is 24.3 Å². The van der Waals surface area contributed by atoms with Gasteiger partial charge in [0.05, 0.1) is 13.1 Å². The highest BCUT2D eigenvalue weighted by Gasteiger charge is 2.34. The van der Waals surface area contributed by atoms with Gasteiger partial charge in [-0.15, -0.1) is 0 Å². The molecule has 1 saturated heterocycles. The fourth-order valence-electron chi connectivity index (χ4n) is 3.29. The second-order valence-electron chi connectivity index (χ2n) is 7.30. The topological polar surface area (TPSA) is 62.8 Å². The van der Waals surface area contributed by atoms with Crippen molar-refractivity contribution in [2.45, 2.75) is 44.9 Å². The number of fused-ring (bicyclic) bond motifs is 1. The summed E-state index contributed by atoms with van der Waals surface area (Å²) in [4.78, 5) is 14.2. The highest BCUT2D eigenvalue weighted by Crippen LogP contribution is 2.30. The number of carbonyl (C=O) groups excluding carboxylic acids is 1. The zero-order valence-corrected chi connectivity index (χ0v) is 15.7. The minimum absolute atomic E-state index is 0.0376. The summed E-state index contributed by atoms with van der Waals surface area (Å²) in [6.45, 7) is 7.40. The van der Waals surface area contributed by atoms with E-state index in [2.05, 4.69) is 31.4 Å². The van der Waals surface area contributed by atoms with Crippen molar-refractivity contribution in [1.82, 2.24) is 15.5 Å². The Morgan fingerprint density at radius 3 is 2.84 bits per heavy atom. The Morgan fingerprint density at radius 2 is 2.12 bits per heavy atom. The number of benzene rings is 1. The first kappa shape index (κ1) is 17.8. The van der Waals surface area contributed by atoms with Gasteiger partial charge in [0, 0.05) is 11.6 Å². The van der Waals surface area contributed by atoms with E-state index in [0.29, 0.717) is 24.0 Å². The van der Waals surface area contributed by atoms with E-state index in [9.17, 15) is 4.79 Å². The van der Waals surface area contributed by atoms with Crippen LogP contribution in [0.2, 0.25) is 0 Å². The van der Waals surface area contributed by atoms with Gasteiger partial charge in [-0.05, 0) is 51.5 Å². The Balaban J connectivity index is 1.48. The zero-order chi connectivity index (χ0) is 18.0. The Kier molecular flexibility index (Phi) is 5.03. The van der Waals surface area contributed by atoms with Gasteiger partial charge in [-0.2, -0.15) is 0 Å². The van der Waals surface area contributed by atoms with E-state index in [-0.39, 0.29) is 30.1 Å². The molecule has 2 aliphatic rings. The van der Waals surface area contributed by atoms with Crippen LogP contribution in [-0.2, 0) is 4.79 Å². The fraction of sp³-hybridized carbons (Fsp3) is 0.556. The number of thiocarbonyl (C=S) groups is 1. The molecule has 0 aromatic heterocycles. The summed E-state index contributed by atoms with van der Waals surface area (Å²) in [5.41, 5.74) is -0.0376. The van der Waals surface area contributed by atoms with Crippen molar-refractivity contribution in [2.75, 3.05) is 19.7 Å². The number of rotatable bonds is 4. The van der Waals surface area contributed by atoms with Gasteiger partial charge in [0.25, 0.3) is 0 Å². The SMILES string of the molecule is CC1CC(C)(C)NC(=S)N1CC(=O)NCC1COc2ccccc2O1. The number of hydrogen-bond acceptors (Lipinski definition) is 4. The van der Waals surface area contributed by atoms with E-state index in [0.717, 1.165) is 12.2 Å². The van der Waals surface area contributed by atoms with Crippen LogP contribution in [0.4, 0.5) is 0 Å². The van der Waals surface area contributed by atoms with Crippen LogP contribution in [0.1, 0.15) is 27.2 Å². The average molecular weight is 363 g/mol. The first-order valence-corrected chi connectivity index (χ1v) is 8.99. The van der Waals surface area contributed by atoms with Crippen LogP contribution in [0.3, 0.4) is 0 Å². The van der Waals surface area contributed by atoms with Crippen LogP contribution < -0.4 is 20.1 Å². The van der Waals surface area contributed by atoms with E-state index in [1.54, 1.807) is 0 Å². The van der Waals surface area contributed by atoms with Crippen LogP contribution in [0.5, 0.6) is 11.5 Å². The van der Waals surface area contributed by atoms with Crippen LogP contribution in [-0.4, -0.2) is 53.3 Å². The molecule has 0 spiro atoms. The molecule has 0 bridgehead atoms. The first-order valence-electron chi connectivity index (χ1n) is 8.58. The molecular formula is C18H25N3O3S. The van der Waals surface area contributed by atoms with Gasteiger partial charge in [-0.25, -0.2) is 0 Å². The number of hydrogen-bond donors (Lipinski definition) is 2. The molecule has 3 rings (SSSR count). The molecule has 1 aromatic rings. The lowest BCUT2D eigenvalue weighted by Crippen LogP contribution is -2.61. The molecule has 6 nitrogen and oxygen atoms in total. The smallest absolute Gasteiger partial charge is 0.239 e. The second kappa shape index (κ2) is 7.07. The molecule has 136 valence electrons. The number of carbonyl (C=O) groups is 1. The quantitative estimate of drug-likeness (QED) is 0.794. The van der Waals surface area contributed by atoms with Crippen molar-refractivity contribution in [2.24, 2.45) is 0 Å². The Morgan fingerprint density at radius 1 is 1.40 bits per heavy atom. The molecule has 0 aliphatic carbocycles. The van der Waals surface area contributed by atoms with Gasteiger partial charge in [0.1, 0.15) is 12.7 Å². The molecule has 1 aromatic carbocycles. The standard InChI is InChI=1S/C18H25N3O3S/c1-12-8-18(2,3)20-17(25)21(12)10-16(22)19-9-13-11-23-14-6-4-5-7-15(14)24-13/h4-7,12-13H,8-11H2,1-3H3,(H,19,22)(H,20,25). The van der Waals surface area contributed by atoms with Gasteiger partial charge in [-0.3, -0.25) is 4.79 Å². The lowest BCUT2D eigenvalue weighted by Gasteiger charge is -2.44. The number of ether oxygens (including phenoxy) is 2. The normalized spacial score (nSPS) is 24.4. The van der Waals surface area contributed by atoms with Crippen molar-refractivity contribution < 1.29 is 14.3 Å². The maximum atomic E-state index is 12.3.